The first-order valence-corrected chi connectivity index (χ1v) is 9.60. The SMILES string of the molecule is C[C@@H]1CNCCN1c1ccc2nc(-c3ccc(F)cc3)n(-c3ccncn3)c2n1. The van der Waals surface area contributed by atoms with Gasteiger partial charge >= 0.3 is 0 Å². The normalized spacial score (nSPS) is 17.0. The number of nitrogens with one attached hydrogen (secondary N) is 1. The molecule has 0 bridgehead atoms. The second-order valence-corrected chi connectivity index (χ2v) is 7.10. The lowest BCUT2D eigenvalue weighted by Gasteiger charge is -2.34. The number of hydrogen-bond donors (Lipinski definition) is 1. The molecule has 1 aliphatic heterocycles. The predicted octanol–water partition coefficient (Wildman–Crippen LogP) is 2.81. The zero-order valence-electron chi connectivity index (χ0n) is 16.0. The molecule has 0 spiro atoms. The highest BCUT2D eigenvalue weighted by molar-refractivity contribution is 5.81. The minimum Gasteiger partial charge on any atom is -0.351 e. The lowest BCUT2D eigenvalue weighted by atomic mass is 10.2. The first-order valence-electron chi connectivity index (χ1n) is 9.60. The van der Waals surface area contributed by atoms with Crippen LogP contribution in [-0.4, -0.2) is 50.2 Å². The highest BCUT2D eigenvalue weighted by Gasteiger charge is 2.22. The Balaban J connectivity index is 1.71. The highest BCUT2D eigenvalue weighted by Crippen LogP contribution is 2.29. The molecule has 0 unspecified atom stereocenters. The Morgan fingerprint density at radius 2 is 1.90 bits per heavy atom. The molecule has 4 heterocycles. The van der Waals surface area contributed by atoms with Crippen LogP contribution in [-0.2, 0) is 0 Å². The minimum absolute atomic E-state index is 0.286. The Hall–Kier alpha value is -3.39. The molecular weight excluding hydrogens is 369 g/mol. The van der Waals surface area contributed by atoms with Crippen molar-refractivity contribution >= 4 is 17.0 Å². The number of nitrogens with zero attached hydrogens (tertiary/aromatic N) is 6. The number of rotatable bonds is 3. The molecule has 29 heavy (non-hydrogen) atoms. The summed E-state index contributed by atoms with van der Waals surface area (Å²) in [4.78, 5) is 20.5. The number of pyridine rings is 1. The van der Waals surface area contributed by atoms with Gasteiger partial charge in [0.2, 0.25) is 0 Å². The number of hydrogen-bond acceptors (Lipinski definition) is 6. The van der Waals surface area contributed by atoms with E-state index in [-0.39, 0.29) is 5.82 Å². The first kappa shape index (κ1) is 17.7. The van der Waals surface area contributed by atoms with Crippen LogP contribution in [0.15, 0.2) is 55.0 Å². The van der Waals surface area contributed by atoms with Gasteiger partial charge in [0.15, 0.2) is 5.65 Å². The van der Waals surface area contributed by atoms with Crippen molar-refractivity contribution in [1.29, 1.82) is 0 Å². The van der Waals surface area contributed by atoms with Crippen LogP contribution in [0.1, 0.15) is 6.92 Å². The average molecular weight is 389 g/mol. The number of aromatic nitrogens is 5. The molecule has 1 N–H and O–H groups in total. The summed E-state index contributed by atoms with van der Waals surface area (Å²) >= 11 is 0. The van der Waals surface area contributed by atoms with E-state index in [9.17, 15) is 4.39 Å². The highest BCUT2D eigenvalue weighted by atomic mass is 19.1. The maximum atomic E-state index is 13.5. The molecule has 1 saturated heterocycles. The Kier molecular flexibility index (Phi) is 4.40. The van der Waals surface area contributed by atoms with Crippen LogP contribution in [0.4, 0.5) is 10.2 Å². The van der Waals surface area contributed by atoms with Crippen molar-refractivity contribution in [2.24, 2.45) is 0 Å². The summed E-state index contributed by atoms with van der Waals surface area (Å²) in [5.74, 6) is 1.95. The molecule has 7 nitrogen and oxygen atoms in total. The molecule has 1 aliphatic rings. The fraction of sp³-hybridized carbons (Fsp3) is 0.238. The molecule has 8 heteroatoms. The van der Waals surface area contributed by atoms with E-state index in [1.54, 1.807) is 18.3 Å². The van der Waals surface area contributed by atoms with Gasteiger partial charge in [-0.15, -0.1) is 0 Å². The molecule has 4 aromatic rings. The largest absolute Gasteiger partial charge is 0.351 e. The van der Waals surface area contributed by atoms with Gasteiger partial charge in [-0.1, -0.05) is 0 Å². The molecule has 0 amide bonds. The van der Waals surface area contributed by atoms with E-state index in [0.29, 0.717) is 23.3 Å². The summed E-state index contributed by atoms with van der Waals surface area (Å²) in [5, 5.41) is 3.40. The van der Waals surface area contributed by atoms with Crippen molar-refractivity contribution in [2.45, 2.75) is 13.0 Å². The topological polar surface area (TPSA) is 71.8 Å². The van der Waals surface area contributed by atoms with Crippen molar-refractivity contribution in [3.63, 3.8) is 0 Å². The second kappa shape index (κ2) is 7.21. The van der Waals surface area contributed by atoms with E-state index < -0.39 is 0 Å². The van der Waals surface area contributed by atoms with E-state index >= 15 is 0 Å². The van der Waals surface area contributed by atoms with Crippen LogP contribution in [0, 0.1) is 5.82 Å². The number of anilines is 1. The molecule has 5 rings (SSSR count). The van der Waals surface area contributed by atoms with Crippen LogP contribution in [0.5, 0.6) is 0 Å². The van der Waals surface area contributed by atoms with Gasteiger partial charge in [0.25, 0.3) is 0 Å². The van der Waals surface area contributed by atoms with Gasteiger partial charge in [0, 0.05) is 37.4 Å². The maximum absolute atomic E-state index is 13.5. The van der Waals surface area contributed by atoms with Gasteiger partial charge < -0.3 is 10.2 Å². The summed E-state index contributed by atoms with van der Waals surface area (Å²) in [6.07, 6.45) is 3.18. The summed E-state index contributed by atoms with van der Waals surface area (Å²) in [5.41, 5.74) is 2.26. The van der Waals surface area contributed by atoms with Crippen LogP contribution >= 0.6 is 0 Å². The van der Waals surface area contributed by atoms with Crippen LogP contribution in [0.3, 0.4) is 0 Å². The second-order valence-electron chi connectivity index (χ2n) is 7.10. The quantitative estimate of drug-likeness (QED) is 0.581. The summed E-state index contributed by atoms with van der Waals surface area (Å²) < 4.78 is 15.4. The van der Waals surface area contributed by atoms with Gasteiger partial charge in [-0.05, 0) is 49.4 Å². The van der Waals surface area contributed by atoms with Crippen molar-refractivity contribution in [2.75, 3.05) is 24.5 Å². The van der Waals surface area contributed by atoms with Crippen LogP contribution in [0.2, 0.25) is 0 Å². The molecule has 0 aliphatic carbocycles. The molecule has 0 saturated carbocycles. The Morgan fingerprint density at radius 1 is 1.03 bits per heavy atom. The Morgan fingerprint density at radius 3 is 2.66 bits per heavy atom. The van der Waals surface area contributed by atoms with Crippen molar-refractivity contribution < 1.29 is 4.39 Å². The summed E-state index contributed by atoms with van der Waals surface area (Å²) in [6, 6.07) is 12.4. The first-order chi connectivity index (χ1) is 14.2. The van der Waals surface area contributed by atoms with E-state index in [1.165, 1.54) is 18.5 Å². The number of halogens is 1. The standard InChI is InChI=1S/C21H20FN7/c1-14-12-23-10-11-28(14)19-7-6-17-21(27-19)29(18-8-9-24-13-25-18)20(26-17)15-2-4-16(22)5-3-15/h2-9,13-14,23H,10-12H2,1H3/t14-/m1/s1. The molecule has 1 aromatic carbocycles. The molecule has 0 radical (unpaired) electrons. The van der Waals surface area contributed by atoms with Gasteiger partial charge in [-0.3, -0.25) is 4.57 Å². The molecule has 1 atom stereocenters. The molecule has 1 fully saturated rings. The van der Waals surface area contributed by atoms with Crippen LogP contribution in [0.25, 0.3) is 28.4 Å². The fourth-order valence-corrected chi connectivity index (χ4v) is 3.71. The molecular formula is C21H20FN7. The Bertz CT molecular complexity index is 1140. The summed E-state index contributed by atoms with van der Waals surface area (Å²) in [6.45, 7) is 4.93. The average Bonchev–Trinajstić information content (AvgIpc) is 3.14. The van der Waals surface area contributed by atoms with Gasteiger partial charge in [0.1, 0.15) is 35.1 Å². The zero-order chi connectivity index (χ0) is 19.8. The van der Waals surface area contributed by atoms with Gasteiger partial charge in [0.05, 0.1) is 0 Å². The lowest BCUT2D eigenvalue weighted by Crippen LogP contribution is -2.50. The number of benzene rings is 1. The van der Waals surface area contributed by atoms with Crippen molar-refractivity contribution in [3.05, 3.63) is 60.8 Å². The minimum atomic E-state index is -0.286. The molecule has 146 valence electrons. The van der Waals surface area contributed by atoms with E-state index in [4.69, 9.17) is 9.97 Å². The van der Waals surface area contributed by atoms with Gasteiger partial charge in [-0.2, -0.15) is 0 Å². The summed E-state index contributed by atoms with van der Waals surface area (Å²) in [7, 11) is 0. The Labute approximate surface area is 167 Å². The zero-order valence-corrected chi connectivity index (χ0v) is 16.0. The third kappa shape index (κ3) is 3.21. The smallest absolute Gasteiger partial charge is 0.168 e. The number of fused-ring (bicyclic) bond motifs is 1. The van der Waals surface area contributed by atoms with E-state index in [2.05, 4.69) is 27.1 Å². The van der Waals surface area contributed by atoms with Gasteiger partial charge in [-0.25, -0.2) is 24.3 Å². The number of piperazine rings is 1. The predicted molar refractivity (Wildman–Crippen MR) is 110 cm³/mol. The van der Waals surface area contributed by atoms with Crippen LogP contribution < -0.4 is 10.2 Å². The van der Waals surface area contributed by atoms with E-state index in [0.717, 1.165) is 36.5 Å². The lowest BCUT2D eigenvalue weighted by molar-refractivity contribution is 0.497. The third-order valence-corrected chi connectivity index (χ3v) is 5.18. The fourth-order valence-electron chi connectivity index (χ4n) is 3.71. The van der Waals surface area contributed by atoms with Crippen molar-refractivity contribution in [1.82, 2.24) is 29.8 Å². The monoisotopic (exact) mass is 389 g/mol. The van der Waals surface area contributed by atoms with E-state index in [1.807, 2.05) is 22.8 Å². The maximum Gasteiger partial charge on any atom is 0.168 e. The number of imidazole rings is 1. The molecule has 3 aromatic heterocycles. The van der Waals surface area contributed by atoms with Crippen molar-refractivity contribution in [3.8, 4) is 17.2 Å². The third-order valence-electron chi connectivity index (χ3n) is 5.18.